The third kappa shape index (κ3) is 3.71. The molecule has 0 saturated carbocycles. The SMILES string of the molecule is CC#CC(=O)NCC1CNNC1c1ccc(Cl)cc1. The summed E-state index contributed by atoms with van der Waals surface area (Å²) >= 11 is 5.88. The van der Waals surface area contributed by atoms with E-state index in [1.54, 1.807) is 6.92 Å². The van der Waals surface area contributed by atoms with Gasteiger partial charge in [0.1, 0.15) is 0 Å². The summed E-state index contributed by atoms with van der Waals surface area (Å²) in [6.45, 7) is 3.03. The molecule has 0 aromatic heterocycles. The minimum absolute atomic E-state index is 0.159. The van der Waals surface area contributed by atoms with Gasteiger partial charge >= 0.3 is 0 Å². The molecule has 1 fully saturated rings. The molecule has 2 atom stereocenters. The van der Waals surface area contributed by atoms with Gasteiger partial charge in [0.2, 0.25) is 0 Å². The number of rotatable bonds is 3. The Morgan fingerprint density at radius 3 is 2.89 bits per heavy atom. The van der Waals surface area contributed by atoms with Crippen LogP contribution in [-0.2, 0) is 4.79 Å². The van der Waals surface area contributed by atoms with Crippen molar-refractivity contribution >= 4 is 17.5 Å². The van der Waals surface area contributed by atoms with E-state index in [2.05, 4.69) is 28.0 Å². The molecule has 0 spiro atoms. The van der Waals surface area contributed by atoms with Gasteiger partial charge in [-0.05, 0) is 30.5 Å². The fourth-order valence-corrected chi connectivity index (χ4v) is 2.26. The van der Waals surface area contributed by atoms with Crippen LogP contribution in [-0.4, -0.2) is 19.0 Å². The van der Waals surface area contributed by atoms with Crippen LogP contribution in [0.1, 0.15) is 18.5 Å². The zero-order chi connectivity index (χ0) is 13.7. The Morgan fingerprint density at radius 1 is 1.47 bits per heavy atom. The molecule has 1 aromatic carbocycles. The van der Waals surface area contributed by atoms with Gasteiger partial charge in [-0.15, -0.1) is 0 Å². The van der Waals surface area contributed by atoms with Gasteiger partial charge in [0.05, 0.1) is 6.04 Å². The Kier molecular flexibility index (Phi) is 4.80. The van der Waals surface area contributed by atoms with E-state index in [1.165, 1.54) is 0 Å². The van der Waals surface area contributed by atoms with Crippen LogP contribution >= 0.6 is 11.6 Å². The predicted molar refractivity (Wildman–Crippen MR) is 75.3 cm³/mol. The number of hydrazine groups is 1. The smallest absolute Gasteiger partial charge is 0.295 e. The van der Waals surface area contributed by atoms with Crippen molar-refractivity contribution < 1.29 is 4.79 Å². The monoisotopic (exact) mass is 277 g/mol. The lowest BCUT2D eigenvalue weighted by molar-refractivity contribution is -0.115. The highest BCUT2D eigenvalue weighted by atomic mass is 35.5. The number of benzene rings is 1. The van der Waals surface area contributed by atoms with Crippen LogP contribution in [0.2, 0.25) is 5.02 Å². The number of hydrogen-bond donors (Lipinski definition) is 3. The summed E-state index contributed by atoms with van der Waals surface area (Å²) < 4.78 is 0. The summed E-state index contributed by atoms with van der Waals surface area (Å²) in [6, 6.07) is 7.89. The van der Waals surface area contributed by atoms with E-state index in [0.29, 0.717) is 6.54 Å². The summed E-state index contributed by atoms with van der Waals surface area (Å²) in [6.07, 6.45) is 0. The van der Waals surface area contributed by atoms with Crippen molar-refractivity contribution in [3.63, 3.8) is 0 Å². The first-order chi connectivity index (χ1) is 9.20. The summed E-state index contributed by atoms with van der Waals surface area (Å²) in [7, 11) is 0. The van der Waals surface area contributed by atoms with Crippen molar-refractivity contribution in [2.24, 2.45) is 5.92 Å². The summed E-state index contributed by atoms with van der Waals surface area (Å²) in [5, 5.41) is 3.54. The van der Waals surface area contributed by atoms with Gasteiger partial charge in [-0.1, -0.05) is 29.7 Å². The van der Waals surface area contributed by atoms with Crippen LogP contribution in [0.5, 0.6) is 0 Å². The number of hydrogen-bond acceptors (Lipinski definition) is 3. The largest absolute Gasteiger partial charge is 0.345 e. The highest BCUT2D eigenvalue weighted by Gasteiger charge is 2.28. The molecule has 5 heteroatoms. The van der Waals surface area contributed by atoms with E-state index in [1.807, 2.05) is 24.3 Å². The molecule has 1 aliphatic rings. The van der Waals surface area contributed by atoms with E-state index in [4.69, 9.17) is 11.6 Å². The molecule has 1 aromatic rings. The van der Waals surface area contributed by atoms with Crippen LogP contribution in [0, 0.1) is 17.8 Å². The van der Waals surface area contributed by atoms with Crippen molar-refractivity contribution in [1.29, 1.82) is 0 Å². The number of amides is 1. The van der Waals surface area contributed by atoms with Crippen LogP contribution in [0.4, 0.5) is 0 Å². The van der Waals surface area contributed by atoms with Gasteiger partial charge in [0.15, 0.2) is 0 Å². The van der Waals surface area contributed by atoms with E-state index in [0.717, 1.165) is 17.1 Å². The van der Waals surface area contributed by atoms with Crippen molar-refractivity contribution in [3.05, 3.63) is 34.9 Å². The van der Waals surface area contributed by atoms with Gasteiger partial charge in [-0.2, -0.15) is 0 Å². The zero-order valence-electron chi connectivity index (χ0n) is 10.7. The van der Waals surface area contributed by atoms with Gasteiger partial charge in [-0.25, -0.2) is 5.43 Å². The molecule has 1 amide bonds. The van der Waals surface area contributed by atoms with Crippen molar-refractivity contribution in [2.45, 2.75) is 13.0 Å². The summed E-state index contributed by atoms with van der Waals surface area (Å²) in [4.78, 5) is 11.3. The minimum Gasteiger partial charge on any atom is -0.345 e. The lowest BCUT2D eigenvalue weighted by atomic mass is 9.95. The second-order valence-corrected chi connectivity index (χ2v) is 4.84. The van der Waals surface area contributed by atoms with Crippen molar-refractivity contribution in [3.8, 4) is 11.8 Å². The molecule has 2 unspecified atom stereocenters. The molecule has 0 aliphatic carbocycles. The molecule has 19 heavy (non-hydrogen) atoms. The molecular weight excluding hydrogens is 262 g/mol. The topological polar surface area (TPSA) is 53.2 Å². The van der Waals surface area contributed by atoms with Gasteiger partial charge < -0.3 is 5.32 Å². The van der Waals surface area contributed by atoms with E-state index >= 15 is 0 Å². The molecule has 2 rings (SSSR count). The predicted octanol–water partition coefficient (Wildman–Crippen LogP) is 1.24. The highest BCUT2D eigenvalue weighted by Crippen LogP contribution is 2.25. The van der Waals surface area contributed by atoms with Gasteiger partial charge in [0.25, 0.3) is 5.91 Å². The number of carbonyl (C=O) groups excluding carboxylic acids is 1. The van der Waals surface area contributed by atoms with Crippen LogP contribution in [0.3, 0.4) is 0 Å². The quantitative estimate of drug-likeness (QED) is 0.729. The van der Waals surface area contributed by atoms with Crippen molar-refractivity contribution in [1.82, 2.24) is 16.2 Å². The fraction of sp³-hybridized carbons (Fsp3) is 0.357. The average molecular weight is 278 g/mol. The van der Waals surface area contributed by atoms with E-state index < -0.39 is 0 Å². The standard InChI is InChI=1S/C14H16ClN3O/c1-2-3-13(19)16-8-11-9-17-18-14(11)10-4-6-12(15)7-5-10/h4-7,11,14,17-18H,8-9H2,1H3,(H,16,19). The maximum Gasteiger partial charge on any atom is 0.295 e. The average Bonchev–Trinajstić information content (AvgIpc) is 2.86. The lowest BCUT2D eigenvalue weighted by Gasteiger charge is -2.18. The third-order valence-corrected chi connectivity index (χ3v) is 3.34. The highest BCUT2D eigenvalue weighted by molar-refractivity contribution is 6.30. The Labute approximate surface area is 117 Å². The molecule has 1 heterocycles. The van der Waals surface area contributed by atoms with E-state index in [-0.39, 0.29) is 17.9 Å². The minimum atomic E-state index is -0.232. The van der Waals surface area contributed by atoms with Crippen LogP contribution in [0.25, 0.3) is 0 Å². The Balaban J connectivity index is 1.98. The van der Waals surface area contributed by atoms with Crippen LogP contribution < -0.4 is 16.2 Å². The number of carbonyl (C=O) groups is 1. The molecule has 0 radical (unpaired) electrons. The molecule has 0 bridgehead atoms. The molecule has 100 valence electrons. The van der Waals surface area contributed by atoms with Crippen molar-refractivity contribution in [2.75, 3.05) is 13.1 Å². The van der Waals surface area contributed by atoms with Gasteiger partial charge in [0, 0.05) is 24.0 Å². The summed E-state index contributed by atoms with van der Waals surface area (Å²) in [5.41, 5.74) is 7.49. The zero-order valence-corrected chi connectivity index (χ0v) is 11.4. The second-order valence-electron chi connectivity index (χ2n) is 4.40. The van der Waals surface area contributed by atoms with Gasteiger partial charge in [-0.3, -0.25) is 10.2 Å². The molecule has 1 aliphatic heterocycles. The lowest BCUT2D eigenvalue weighted by Crippen LogP contribution is -2.32. The Hall–Kier alpha value is -1.54. The van der Waals surface area contributed by atoms with Crippen LogP contribution in [0.15, 0.2) is 24.3 Å². The first-order valence-corrected chi connectivity index (χ1v) is 6.53. The first-order valence-electron chi connectivity index (χ1n) is 6.15. The Bertz CT molecular complexity index is 504. The molecular formula is C14H16ClN3O. The Morgan fingerprint density at radius 2 is 2.21 bits per heavy atom. The molecule has 4 nitrogen and oxygen atoms in total. The van der Waals surface area contributed by atoms with E-state index in [9.17, 15) is 4.79 Å². The summed E-state index contributed by atoms with van der Waals surface area (Å²) in [5.74, 6) is 5.11. The number of nitrogens with one attached hydrogen (secondary N) is 3. The maximum atomic E-state index is 11.3. The first kappa shape index (κ1) is 13.9. The maximum absolute atomic E-state index is 11.3. The molecule has 1 saturated heterocycles. The number of halogens is 1. The second kappa shape index (κ2) is 6.58. The third-order valence-electron chi connectivity index (χ3n) is 3.09. The fourth-order valence-electron chi connectivity index (χ4n) is 2.13. The normalized spacial score (nSPS) is 21.6. The molecule has 3 N–H and O–H groups in total.